The lowest BCUT2D eigenvalue weighted by Gasteiger charge is -2.46. The SMILES string of the molecule is Cc1cccc(C(=O)N2CCC3(CC2)C[C@@H](CC(=O)NCC2CC2)c2ccccc2O3)n1. The number of likely N-dealkylation sites (tertiary alicyclic amines) is 1. The number of carbonyl (C=O) groups is 2. The summed E-state index contributed by atoms with van der Waals surface area (Å²) in [6.45, 7) is 3.98. The fraction of sp³-hybridized carbons (Fsp3) is 0.500. The quantitative estimate of drug-likeness (QED) is 0.778. The third kappa shape index (κ3) is 4.50. The number of piperidine rings is 1. The monoisotopic (exact) mass is 433 g/mol. The second-order valence-electron chi connectivity index (χ2n) is 9.63. The van der Waals surface area contributed by atoms with Crippen LogP contribution in [0.15, 0.2) is 42.5 Å². The van der Waals surface area contributed by atoms with Gasteiger partial charge in [0.2, 0.25) is 5.91 Å². The first kappa shape index (κ1) is 21.0. The molecule has 32 heavy (non-hydrogen) atoms. The fourth-order valence-corrected chi connectivity index (χ4v) is 5.05. The second-order valence-corrected chi connectivity index (χ2v) is 9.63. The van der Waals surface area contributed by atoms with Gasteiger partial charge in [0.05, 0.1) is 0 Å². The lowest BCUT2D eigenvalue weighted by molar-refractivity contribution is -0.122. The number of nitrogens with one attached hydrogen (secondary N) is 1. The molecule has 2 fully saturated rings. The minimum Gasteiger partial charge on any atom is -0.487 e. The maximum atomic E-state index is 12.9. The first-order chi connectivity index (χ1) is 15.5. The Morgan fingerprint density at radius 2 is 1.91 bits per heavy atom. The molecule has 0 bridgehead atoms. The number of para-hydroxylation sites is 1. The van der Waals surface area contributed by atoms with E-state index >= 15 is 0 Å². The first-order valence-corrected chi connectivity index (χ1v) is 11.8. The van der Waals surface area contributed by atoms with Crippen molar-refractivity contribution in [1.82, 2.24) is 15.2 Å². The van der Waals surface area contributed by atoms with Crippen LogP contribution in [-0.4, -0.2) is 46.9 Å². The highest BCUT2D eigenvalue weighted by Gasteiger charge is 2.44. The van der Waals surface area contributed by atoms with Crippen LogP contribution >= 0.6 is 0 Å². The number of rotatable bonds is 5. The highest BCUT2D eigenvalue weighted by Crippen LogP contribution is 2.46. The fourth-order valence-electron chi connectivity index (χ4n) is 5.05. The molecule has 3 heterocycles. The summed E-state index contributed by atoms with van der Waals surface area (Å²) in [7, 11) is 0. The molecular formula is C26H31N3O3. The molecule has 1 saturated carbocycles. The number of aromatic nitrogens is 1. The Morgan fingerprint density at radius 3 is 2.66 bits per heavy atom. The number of benzene rings is 1. The zero-order valence-electron chi connectivity index (χ0n) is 18.7. The van der Waals surface area contributed by atoms with Crippen molar-refractivity contribution in [2.45, 2.75) is 57.0 Å². The van der Waals surface area contributed by atoms with E-state index in [1.54, 1.807) is 6.07 Å². The van der Waals surface area contributed by atoms with E-state index in [9.17, 15) is 9.59 Å². The average Bonchev–Trinajstić information content (AvgIpc) is 3.62. The van der Waals surface area contributed by atoms with Crippen LogP contribution in [0.1, 0.15) is 66.2 Å². The van der Waals surface area contributed by atoms with Crippen molar-refractivity contribution in [2.24, 2.45) is 5.92 Å². The molecule has 168 valence electrons. The van der Waals surface area contributed by atoms with Gasteiger partial charge in [-0.1, -0.05) is 24.3 Å². The Morgan fingerprint density at radius 1 is 1.12 bits per heavy atom. The summed E-state index contributed by atoms with van der Waals surface area (Å²) in [6, 6.07) is 13.7. The van der Waals surface area contributed by atoms with Crippen LogP contribution in [-0.2, 0) is 4.79 Å². The van der Waals surface area contributed by atoms with Gasteiger partial charge in [0.15, 0.2) is 0 Å². The molecule has 2 aliphatic heterocycles. The minimum atomic E-state index is -0.327. The molecule has 1 N–H and O–H groups in total. The highest BCUT2D eigenvalue weighted by atomic mass is 16.5. The van der Waals surface area contributed by atoms with Crippen molar-refractivity contribution in [3.8, 4) is 5.75 Å². The molecule has 0 unspecified atom stereocenters. The lowest BCUT2D eigenvalue weighted by Crippen LogP contribution is -2.52. The average molecular weight is 434 g/mol. The van der Waals surface area contributed by atoms with Crippen LogP contribution in [0.4, 0.5) is 0 Å². The van der Waals surface area contributed by atoms with Crippen molar-refractivity contribution >= 4 is 11.8 Å². The summed E-state index contributed by atoms with van der Waals surface area (Å²) < 4.78 is 6.55. The van der Waals surface area contributed by atoms with Crippen LogP contribution in [0.25, 0.3) is 0 Å². The van der Waals surface area contributed by atoms with Gasteiger partial charge in [-0.2, -0.15) is 0 Å². The predicted octanol–water partition coefficient (Wildman–Crippen LogP) is 3.85. The summed E-state index contributed by atoms with van der Waals surface area (Å²) in [5.41, 5.74) is 2.15. The molecule has 0 radical (unpaired) electrons. The van der Waals surface area contributed by atoms with E-state index < -0.39 is 0 Å². The van der Waals surface area contributed by atoms with Gasteiger partial charge in [-0.25, -0.2) is 4.98 Å². The number of ether oxygens (including phenoxy) is 1. The molecule has 1 atom stereocenters. The van der Waals surface area contributed by atoms with Crippen molar-refractivity contribution in [1.29, 1.82) is 0 Å². The molecule has 1 spiro atoms. The number of pyridine rings is 1. The van der Waals surface area contributed by atoms with Gasteiger partial charge in [0, 0.05) is 50.5 Å². The Hall–Kier alpha value is -2.89. The normalized spacial score (nSPS) is 21.5. The molecule has 6 heteroatoms. The molecule has 1 aliphatic carbocycles. The van der Waals surface area contributed by atoms with Gasteiger partial charge in [0.1, 0.15) is 17.0 Å². The van der Waals surface area contributed by atoms with Crippen molar-refractivity contribution < 1.29 is 14.3 Å². The molecular weight excluding hydrogens is 402 g/mol. The first-order valence-electron chi connectivity index (χ1n) is 11.8. The largest absolute Gasteiger partial charge is 0.487 e. The molecule has 2 aromatic rings. The summed E-state index contributed by atoms with van der Waals surface area (Å²) in [5, 5.41) is 3.12. The van der Waals surface area contributed by atoms with Gasteiger partial charge in [-0.05, 0) is 55.9 Å². The smallest absolute Gasteiger partial charge is 0.272 e. The number of nitrogens with zero attached hydrogens (tertiary/aromatic N) is 2. The Labute approximate surface area is 189 Å². The number of carbonyl (C=O) groups excluding carboxylic acids is 2. The second kappa shape index (κ2) is 8.57. The summed E-state index contributed by atoms with van der Waals surface area (Å²) in [4.78, 5) is 31.8. The molecule has 5 rings (SSSR count). The Bertz CT molecular complexity index is 1010. The summed E-state index contributed by atoms with van der Waals surface area (Å²) in [5.74, 6) is 1.82. The van der Waals surface area contributed by atoms with E-state index in [0.717, 1.165) is 42.8 Å². The van der Waals surface area contributed by atoms with E-state index in [-0.39, 0.29) is 23.3 Å². The zero-order chi connectivity index (χ0) is 22.1. The molecule has 6 nitrogen and oxygen atoms in total. The summed E-state index contributed by atoms with van der Waals surface area (Å²) >= 11 is 0. The predicted molar refractivity (Wildman–Crippen MR) is 122 cm³/mol. The van der Waals surface area contributed by atoms with Crippen LogP contribution in [0.3, 0.4) is 0 Å². The maximum absolute atomic E-state index is 12.9. The molecule has 1 aromatic carbocycles. The summed E-state index contributed by atoms with van der Waals surface area (Å²) in [6.07, 6.45) is 5.29. The lowest BCUT2D eigenvalue weighted by atomic mass is 9.76. The highest BCUT2D eigenvalue weighted by molar-refractivity contribution is 5.92. The molecule has 1 saturated heterocycles. The maximum Gasteiger partial charge on any atom is 0.272 e. The van der Waals surface area contributed by atoms with Gasteiger partial charge in [-0.3, -0.25) is 9.59 Å². The van der Waals surface area contributed by atoms with E-state index in [2.05, 4.69) is 16.4 Å². The Balaban J connectivity index is 1.27. The number of hydrogen-bond donors (Lipinski definition) is 1. The number of aryl methyl sites for hydroxylation is 1. The van der Waals surface area contributed by atoms with Crippen molar-refractivity contribution in [2.75, 3.05) is 19.6 Å². The third-order valence-corrected chi connectivity index (χ3v) is 7.09. The Kier molecular flexibility index (Phi) is 5.62. The molecule has 1 aromatic heterocycles. The van der Waals surface area contributed by atoms with Crippen LogP contribution in [0.5, 0.6) is 5.75 Å². The van der Waals surface area contributed by atoms with E-state index in [1.807, 2.05) is 42.2 Å². The van der Waals surface area contributed by atoms with Gasteiger partial charge in [-0.15, -0.1) is 0 Å². The van der Waals surface area contributed by atoms with Gasteiger partial charge in [0.25, 0.3) is 5.91 Å². The topological polar surface area (TPSA) is 71.5 Å². The van der Waals surface area contributed by atoms with Gasteiger partial charge < -0.3 is 15.0 Å². The van der Waals surface area contributed by atoms with Crippen molar-refractivity contribution in [3.05, 3.63) is 59.4 Å². The standard InChI is InChI=1S/C26H31N3O3/c1-18-5-4-7-22(28-18)25(31)29-13-11-26(12-14-29)16-20(15-24(30)27-17-19-9-10-19)21-6-2-3-8-23(21)32-26/h2-8,19-20H,9-17H2,1H3,(H,27,30)/t20-/m1/s1. The number of amides is 2. The van der Waals surface area contributed by atoms with E-state index in [0.29, 0.717) is 31.1 Å². The third-order valence-electron chi connectivity index (χ3n) is 7.09. The number of fused-ring (bicyclic) bond motifs is 1. The minimum absolute atomic E-state index is 0.0178. The van der Waals surface area contributed by atoms with Crippen LogP contribution < -0.4 is 10.1 Å². The molecule has 3 aliphatic rings. The molecule has 2 amide bonds. The van der Waals surface area contributed by atoms with Crippen LogP contribution in [0.2, 0.25) is 0 Å². The van der Waals surface area contributed by atoms with E-state index in [1.165, 1.54) is 12.8 Å². The zero-order valence-corrected chi connectivity index (χ0v) is 18.7. The number of hydrogen-bond acceptors (Lipinski definition) is 4. The van der Waals surface area contributed by atoms with Crippen LogP contribution in [0, 0.1) is 12.8 Å². The van der Waals surface area contributed by atoms with Crippen molar-refractivity contribution in [3.63, 3.8) is 0 Å². The van der Waals surface area contributed by atoms with E-state index in [4.69, 9.17) is 4.74 Å². The van der Waals surface area contributed by atoms with Gasteiger partial charge >= 0.3 is 0 Å².